The van der Waals surface area contributed by atoms with Crippen LogP contribution in [0.3, 0.4) is 0 Å². The predicted molar refractivity (Wildman–Crippen MR) is 53.8 cm³/mol. The zero-order chi connectivity index (χ0) is 9.05. The minimum atomic E-state index is -0.450. The second-order valence-electron chi connectivity index (χ2n) is 4.55. The predicted octanol–water partition coefficient (Wildman–Crippen LogP) is 2.67. The van der Waals surface area contributed by atoms with Gasteiger partial charge < -0.3 is 5.11 Å². The average Bonchev–Trinajstić information content (AvgIpc) is 2.59. The summed E-state index contributed by atoms with van der Waals surface area (Å²) >= 11 is 1.75. The van der Waals surface area contributed by atoms with Gasteiger partial charge in [0.05, 0.1) is 5.60 Å². The van der Waals surface area contributed by atoms with E-state index in [9.17, 15) is 5.11 Å². The van der Waals surface area contributed by atoms with E-state index in [2.05, 4.69) is 18.4 Å². The maximum absolute atomic E-state index is 10.5. The molecule has 0 spiro atoms. The van der Waals surface area contributed by atoms with Crippen LogP contribution in [0.25, 0.3) is 0 Å². The summed E-state index contributed by atoms with van der Waals surface area (Å²) in [4.78, 5) is 1.30. The molecule has 3 aliphatic carbocycles. The van der Waals surface area contributed by atoms with Crippen molar-refractivity contribution in [2.45, 2.75) is 31.8 Å². The van der Waals surface area contributed by atoms with Crippen molar-refractivity contribution < 1.29 is 5.11 Å². The Morgan fingerprint density at radius 2 is 2.31 bits per heavy atom. The van der Waals surface area contributed by atoms with Crippen LogP contribution in [0.4, 0.5) is 0 Å². The monoisotopic (exact) mass is 194 g/mol. The van der Waals surface area contributed by atoms with Crippen LogP contribution in [0.2, 0.25) is 0 Å². The van der Waals surface area contributed by atoms with Crippen molar-refractivity contribution in [3.8, 4) is 0 Å². The third-order valence-electron chi connectivity index (χ3n) is 3.84. The molecule has 70 valence electrons. The Hall–Kier alpha value is -0.340. The molecule has 13 heavy (non-hydrogen) atoms. The largest absolute Gasteiger partial charge is 0.385 e. The Morgan fingerprint density at radius 1 is 1.54 bits per heavy atom. The number of aryl methyl sites for hydroxylation is 1. The van der Waals surface area contributed by atoms with E-state index < -0.39 is 5.60 Å². The van der Waals surface area contributed by atoms with E-state index >= 15 is 0 Å². The minimum absolute atomic E-state index is 0.450. The van der Waals surface area contributed by atoms with Gasteiger partial charge in [0.2, 0.25) is 0 Å². The fourth-order valence-electron chi connectivity index (χ4n) is 3.06. The minimum Gasteiger partial charge on any atom is -0.385 e. The highest BCUT2D eigenvalue weighted by molar-refractivity contribution is 7.10. The van der Waals surface area contributed by atoms with E-state index in [0.29, 0.717) is 5.92 Å². The Balaban J connectivity index is 2.05. The summed E-state index contributed by atoms with van der Waals surface area (Å²) in [5, 5.41) is 12.6. The van der Waals surface area contributed by atoms with Crippen molar-refractivity contribution in [2.75, 3.05) is 0 Å². The molecule has 0 amide bonds. The van der Waals surface area contributed by atoms with Gasteiger partial charge in [0.25, 0.3) is 0 Å². The Labute approximate surface area is 82.4 Å². The second kappa shape index (κ2) is 2.37. The molecular formula is C11H14OS. The standard InChI is InChI=1S/C11H14OS/c1-7-10(2-3-13-7)11(12)6-8-4-9(11)5-8/h2-3,8-9,12H,4-6H2,1H3. The first-order valence-electron chi connectivity index (χ1n) is 4.97. The molecule has 1 atom stereocenters. The van der Waals surface area contributed by atoms with Gasteiger partial charge >= 0.3 is 0 Å². The van der Waals surface area contributed by atoms with Gasteiger partial charge in [-0.1, -0.05) is 0 Å². The normalized spacial score (nSPS) is 42.0. The number of aliphatic hydroxyl groups is 1. The number of thiophene rings is 1. The summed E-state index contributed by atoms with van der Waals surface area (Å²) in [6, 6.07) is 2.11. The van der Waals surface area contributed by atoms with Gasteiger partial charge in [-0.2, -0.15) is 0 Å². The average molecular weight is 194 g/mol. The van der Waals surface area contributed by atoms with Crippen LogP contribution in [0.5, 0.6) is 0 Å². The van der Waals surface area contributed by atoms with Crippen molar-refractivity contribution in [2.24, 2.45) is 11.8 Å². The maximum atomic E-state index is 10.5. The van der Waals surface area contributed by atoms with Crippen molar-refractivity contribution in [1.82, 2.24) is 0 Å². The first kappa shape index (κ1) is 8.01. The molecule has 1 unspecified atom stereocenters. The first-order chi connectivity index (χ1) is 6.20. The molecule has 1 aromatic heterocycles. The van der Waals surface area contributed by atoms with E-state index in [1.165, 1.54) is 23.3 Å². The number of fused-ring (bicyclic) bond motifs is 1. The summed E-state index contributed by atoms with van der Waals surface area (Å²) in [6.45, 7) is 2.12. The zero-order valence-corrected chi connectivity index (χ0v) is 8.60. The lowest BCUT2D eigenvalue weighted by molar-refractivity contribution is 0.00588. The molecule has 2 bridgehead atoms. The molecule has 4 rings (SSSR count). The highest BCUT2D eigenvalue weighted by Gasteiger charge is 2.55. The lowest BCUT2D eigenvalue weighted by Crippen LogP contribution is -2.29. The van der Waals surface area contributed by atoms with Crippen LogP contribution in [0, 0.1) is 18.8 Å². The van der Waals surface area contributed by atoms with E-state index in [1.54, 1.807) is 11.3 Å². The van der Waals surface area contributed by atoms with E-state index in [0.717, 1.165) is 12.3 Å². The van der Waals surface area contributed by atoms with Gasteiger partial charge in [-0.25, -0.2) is 0 Å². The van der Waals surface area contributed by atoms with Crippen LogP contribution in [-0.2, 0) is 5.60 Å². The number of hydrogen-bond acceptors (Lipinski definition) is 2. The lowest BCUT2D eigenvalue weighted by Gasteiger charge is -2.30. The van der Waals surface area contributed by atoms with E-state index in [-0.39, 0.29) is 0 Å². The molecule has 0 aromatic carbocycles. The lowest BCUT2D eigenvalue weighted by atomic mass is 9.79. The molecule has 1 aromatic rings. The first-order valence-corrected chi connectivity index (χ1v) is 5.85. The molecular weight excluding hydrogens is 180 g/mol. The number of hydrogen-bond donors (Lipinski definition) is 1. The second-order valence-corrected chi connectivity index (χ2v) is 5.67. The van der Waals surface area contributed by atoms with Gasteiger partial charge in [0.1, 0.15) is 0 Å². The van der Waals surface area contributed by atoms with Crippen LogP contribution >= 0.6 is 11.3 Å². The summed E-state index contributed by atoms with van der Waals surface area (Å²) in [5.41, 5.74) is 0.761. The molecule has 1 nitrogen and oxygen atoms in total. The molecule has 3 aliphatic rings. The van der Waals surface area contributed by atoms with Gasteiger partial charge in [-0.3, -0.25) is 0 Å². The highest BCUT2D eigenvalue weighted by Crippen LogP contribution is 2.60. The van der Waals surface area contributed by atoms with Crippen LogP contribution < -0.4 is 0 Å². The topological polar surface area (TPSA) is 20.2 Å². The maximum Gasteiger partial charge on any atom is 0.0938 e. The third kappa shape index (κ3) is 0.906. The van der Waals surface area contributed by atoms with Crippen molar-refractivity contribution in [3.63, 3.8) is 0 Å². The van der Waals surface area contributed by atoms with Crippen LogP contribution in [0.15, 0.2) is 11.4 Å². The summed E-state index contributed by atoms with van der Waals surface area (Å²) in [5.74, 6) is 1.38. The van der Waals surface area contributed by atoms with Gasteiger partial charge in [-0.05, 0) is 55.0 Å². The van der Waals surface area contributed by atoms with Crippen molar-refractivity contribution >= 4 is 11.3 Å². The van der Waals surface area contributed by atoms with E-state index in [1.807, 2.05) is 0 Å². The van der Waals surface area contributed by atoms with Crippen LogP contribution in [-0.4, -0.2) is 5.11 Å². The summed E-state index contributed by atoms with van der Waals surface area (Å²) in [6.07, 6.45) is 3.52. The number of rotatable bonds is 1. The van der Waals surface area contributed by atoms with Crippen molar-refractivity contribution in [1.29, 1.82) is 0 Å². The van der Waals surface area contributed by atoms with Gasteiger partial charge in [-0.15, -0.1) is 11.3 Å². The SMILES string of the molecule is Cc1sccc1C1(O)CC2CC1C2. The van der Waals surface area contributed by atoms with Crippen molar-refractivity contribution in [3.05, 3.63) is 21.9 Å². The molecule has 0 radical (unpaired) electrons. The highest BCUT2D eigenvalue weighted by atomic mass is 32.1. The molecule has 1 heterocycles. The molecule has 0 aliphatic heterocycles. The zero-order valence-electron chi connectivity index (χ0n) is 7.79. The fourth-order valence-corrected chi connectivity index (χ4v) is 3.84. The van der Waals surface area contributed by atoms with Gasteiger partial charge in [0.15, 0.2) is 0 Å². The molecule has 2 heteroatoms. The summed E-state index contributed by atoms with van der Waals surface area (Å²) in [7, 11) is 0. The molecule has 3 saturated carbocycles. The van der Waals surface area contributed by atoms with Crippen LogP contribution in [0.1, 0.15) is 29.7 Å². The summed E-state index contributed by atoms with van der Waals surface area (Å²) < 4.78 is 0. The smallest absolute Gasteiger partial charge is 0.0938 e. The Kier molecular flexibility index (Phi) is 1.46. The molecule has 1 N–H and O–H groups in total. The molecule has 0 saturated heterocycles. The molecule has 3 fully saturated rings. The Bertz CT molecular complexity index is 338. The quantitative estimate of drug-likeness (QED) is 0.728. The fraction of sp³-hybridized carbons (Fsp3) is 0.636. The van der Waals surface area contributed by atoms with Gasteiger partial charge in [0, 0.05) is 4.88 Å². The van der Waals surface area contributed by atoms with E-state index in [4.69, 9.17) is 0 Å². The Morgan fingerprint density at radius 3 is 2.77 bits per heavy atom. The third-order valence-corrected chi connectivity index (χ3v) is 4.68.